The predicted octanol–water partition coefficient (Wildman–Crippen LogP) is 4.91. The van der Waals surface area contributed by atoms with E-state index in [2.05, 4.69) is 5.32 Å². The summed E-state index contributed by atoms with van der Waals surface area (Å²) in [7, 11) is 0. The fourth-order valence-electron chi connectivity index (χ4n) is 5.01. The van der Waals surface area contributed by atoms with E-state index < -0.39 is 47.9 Å². The normalized spacial score (nSPS) is 15.4. The molecule has 218 valence electrons. The number of carboxylic acid groups (broad SMARTS) is 1. The van der Waals surface area contributed by atoms with Crippen LogP contribution in [0.15, 0.2) is 65.6 Å². The number of likely N-dealkylation sites (tertiary alicyclic amines) is 1. The number of carboxylic acids is 1. The zero-order valence-corrected chi connectivity index (χ0v) is 23.0. The first kappa shape index (κ1) is 30.0. The number of carbonyl (C=O) groups excluding carboxylic acids is 1. The molecule has 3 aromatic rings. The van der Waals surface area contributed by atoms with E-state index >= 15 is 0 Å². The summed E-state index contributed by atoms with van der Waals surface area (Å²) >= 11 is 0. The molecule has 7 nitrogen and oxygen atoms in total. The van der Waals surface area contributed by atoms with Crippen molar-refractivity contribution in [1.29, 1.82) is 0 Å². The van der Waals surface area contributed by atoms with Gasteiger partial charge in [-0.25, -0.2) is 13.2 Å². The number of alkyl halides is 1. The van der Waals surface area contributed by atoms with Crippen LogP contribution in [0.25, 0.3) is 11.1 Å². The van der Waals surface area contributed by atoms with Crippen molar-refractivity contribution in [2.24, 2.45) is 5.92 Å². The van der Waals surface area contributed by atoms with Crippen LogP contribution >= 0.6 is 0 Å². The number of rotatable bonds is 12. The quantitative estimate of drug-likeness (QED) is 0.324. The maximum atomic E-state index is 14.7. The Hall–Kier alpha value is -3.92. The average molecular weight is 570 g/mol. The zero-order valence-electron chi connectivity index (χ0n) is 23.0. The van der Waals surface area contributed by atoms with E-state index in [0.717, 1.165) is 21.8 Å². The number of carbonyl (C=O) groups is 2. The molecular weight excluding hydrogens is 535 g/mol. The van der Waals surface area contributed by atoms with Gasteiger partial charge in [-0.15, -0.1) is 0 Å². The Morgan fingerprint density at radius 2 is 1.63 bits per heavy atom. The molecule has 0 spiro atoms. The molecule has 0 bridgehead atoms. The highest BCUT2D eigenvalue weighted by atomic mass is 19.1. The topological polar surface area (TPSA) is 91.6 Å². The summed E-state index contributed by atoms with van der Waals surface area (Å²) in [6.45, 7) is 4.86. The molecule has 1 unspecified atom stereocenters. The third-order valence-electron chi connectivity index (χ3n) is 7.20. The SMILES string of the molecule is CC(C)CC(C(=O)N[C@@H](CC(=O)O)c1ccc(-c2ccc(F)cc2)cc1)n1cc(CCN2CC(F)C2)cc(F)c1=O. The van der Waals surface area contributed by atoms with Gasteiger partial charge in [0.05, 0.1) is 12.5 Å². The van der Waals surface area contributed by atoms with Crippen LogP contribution in [0.1, 0.15) is 49.9 Å². The maximum absolute atomic E-state index is 14.7. The van der Waals surface area contributed by atoms with E-state index in [1.165, 1.54) is 18.3 Å². The van der Waals surface area contributed by atoms with E-state index in [1.807, 2.05) is 18.7 Å². The highest BCUT2D eigenvalue weighted by molar-refractivity contribution is 5.81. The minimum atomic E-state index is -1.13. The van der Waals surface area contributed by atoms with Crippen LogP contribution < -0.4 is 10.9 Å². The van der Waals surface area contributed by atoms with Crippen molar-refractivity contribution in [3.8, 4) is 11.1 Å². The Morgan fingerprint density at radius 3 is 2.20 bits per heavy atom. The molecule has 0 saturated carbocycles. The lowest BCUT2D eigenvalue weighted by atomic mass is 9.97. The minimum Gasteiger partial charge on any atom is -0.481 e. The lowest BCUT2D eigenvalue weighted by Crippen LogP contribution is -2.49. The first-order valence-corrected chi connectivity index (χ1v) is 13.6. The van der Waals surface area contributed by atoms with Crippen molar-refractivity contribution in [3.05, 3.63) is 93.9 Å². The van der Waals surface area contributed by atoms with E-state index in [4.69, 9.17) is 0 Å². The molecule has 41 heavy (non-hydrogen) atoms. The molecule has 1 fully saturated rings. The summed E-state index contributed by atoms with van der Waals surface area (Å²) < 4.78 is 42.3. The smallest absolute Gasteiger partial charge is 0.305 e. The Balaban J connectivity index is 1.58. The van der Waals surface area contributed by atoms with Crippen LogP contribution in [0.2, 0.25) is 0 Å². The minimum absolute atomic E-state index is 0.0418. The third kappa shape index (κ3) is 7.85. The number of aromatic nitrogens is 1. The second kappa shape index (κ2) is 13.2. The van der Waals surface area contributed by atoms with Crippen molar-refractivity contribution in [2.45, 2.75) is 51.4 Å². The summed E-state index contributed by atoms with van der Waals surface area (Å²) in [5, 5.41) is 12.3. The molecule has 1 aliphatic heterocycles. The second-order valence-corrected chi connectivity index (χ2v) is 10.9. The van der Waals surface area contributed by atoms with E-state index in [0.29, 0.717) is 37.2 Å². The Morgan fingerprint density at radius 1 is 1.02 bits per heavy atom. The van der Waals surface area contributed by atoms with Crippen LogP contribution in [-0.2, 0) is 16.0 Å². The molecule has 0 radical (unpaired) electrons. The maximum Gasteiger partial charge on any atom is 0.305 e. The molecule has 2 N–H and O–H groups in total. The molecule has 0 aliphatic carbocycles. The van der Waals surface area contributed by atoms with Gasteiger partial charge in [0, 0.05) is 25.8 Å². The van der Waals surface area contributed by atoms with E-state index in [1.54, 1.807) is 36.4 Å². The first-order valence-electron chi connectivity index (χ1n) is 13.6. The Bertz CT molecular complexity index is 1420. The molecular formula is C31H34F3N3O4. The average Bonchev–Trinajstić information content (AvgIpc) is 2.91. The standard InChI is InChI=1S/C31H34F3N3O4/c1-19(2)13-28(37-16-20(14-26(34)31(37)41)11-12-36-17-25(33)18-36)30(40)35-27(15-29(38)39)23-5-3-21(4-6-23)22-7-9-24(32)10-8-22/h3-10,14,16,19,25,27-28H,11-13,15,17-18H2,1-2H3,(H,35,40)(H,38,39)/t27-,28?/m0/s1. The van der Waals surface area contributed by atoms with Gasteiger partial charge in [-0.3, -0.25) is 19.3 Å². The number of benzene rings is 2. The van der Waals surface area contributed by atoms with Crippen LogP contribution in [-0.4, -0.2) is 52.3 Å². The fourth-order valence-corrected chi connectivity index (χ4v) is 5.01. The molecule has 2 aromatic carbocycles. The second-order valence-electron chi connectivity index (χ2n) is 10.9. The lowest BCUT2D eigenvalue weighted by molar-refractivity contribution is -0.138. The highest BCUT2D eigenvalue weighted by Crippen LogP contribution is 2.26. The predicted molar refractivity (Wildman–Crippen MR) is 149 cm³/mol. The van der Waals surface area contributed by atoms with Gasteiger partial charge >= 0.3 is 5.97 Å². The van der Waals surface area contributed by atoms with Gasteiger partial charge in [0.15, 0.2) is 5.82 Å². The number of pyridine rings is 1. The van der Waals surface area contributed by atoms with Crippen molar-refractivity contribution in [1.82, 2.24) is 14.8 Å². The summed E-state index contributed by atoms with van der Waals surface area (Å²) in [5.41, 5.74) is 1.65. The number of amides is 1. The van der Waals surface area contributed by atoms with Gasteiger partial charge in [-0.05, 0) is 59.2 Å². The Labute approximate surface area is 236 Å². The highest BCUT2D eigenvalue weighted by Gasteiger charge is 2.29. The van der Waals surface area contributed by atoms with Crippen LogP contribution in [0, 0.1) is 17.6 Å². The number of nitrogens with zero attached hydrogens (tertiary/aromatic N) is 2. The van der Waals surface area contributed by atoms with Crippen LogP contribution in [0.4, 0.5) is 13.2 Å². The largest absolute Gasteiger partial charge is 0.481 e. The summed E-state index contributed by atoms with van der Waals surface area (Å²) in [6, 6.07) is 12.0. The van der Waals surface area contributed by atoms with Gasteiger partial charge < -0.3 is 15.0 Å². The van der Waals surface area contributed by atoms with Crippen molar-refractivity contribution >= 4 is 11.9 Å². The lowest BCUT2D eigenvalue weighted by Gasteiger charge is -2.34. The third-order valence-corrected chi connectivity index (χ3v) is 7.20. The van der Waals surface area contributed by atoms with Gasteiger partial charge in [-0.2, -0.15) is 0 Å². The number of hydrogen-bond donors (Lipinski definition) is 2. The van der Waals surface area contributed by atoms with Gasteiger partial charge in [-0.1, -0.05) is 50.2 Å². The van der Waals surface area contributed by atoms with Gasteiger partial charge in [0.25, 0.3) is 5.56 Å². The van der Waals surface area contributed by atoms with Crippen LogP contribution in [0.3, 0.4) is 0 Å². The summed E-state index contributed by atoms with van der Waals surface area (Å²) in [6.07, 6.45) is 0.784. The molecule has 2 heterocycles. The number of hydrogen-bond acceptors (Lipinski definition) is 4. The monoisotopic (exact) mass is 569 g/mol. The molecule has 1 amide bonds. The van der Waals surface area contributed by atoms with Gasteiger partial charge in [0.1, 0.15) is 18.0 Å². The van der Waals surface area contributed by atoms with Gasteiger partial charge in [0.2, 0.25) is 5.91 Å². The molecule has 4 rings (SSSR count). The van der Waals surface area contributed by atoms with Crippen molar-refractivity contribution in [3.63, 3.8) is 0 Å². The van der Waals surface area contributed by atoms with Crippen LogP contribution in [0.5, 0.6) is 0 Å². The Kier molecular flexibility index (Phi) is 9.65. The number of halogens is 3. The van der Waals surface area contributed by atoms with E-state index in [-0.39, 0.29) is 18.2 Å². The fraction of sp³-hybridized carbons (Fsp3) is 0.387. The molecule has 1 saturated heterocycles. The molecule has 2 atom stereocenters. The van der Waals surface area contributed by atoms with E-state index in [9.17, 15) is 32.7 Å². The molecule has 1 aliphatic rings. The molecule has 10 heteroatoms. The zero-order chi connectivity index (χ0) is 29.7. The first-order chi connectivity index (χ1) is 19.5. The molecule has 1 aromatic heterocycles. The number of nitrogens with one attached hydrogen (secondary N) is 1. The summed E-state index contributed by atoms with van der Waals surface area (Å²) in [4.78, 5) is 40.1. The van der Waals surface area contributed by atoms with Crippen molar-refractivity contribution in [2.75, 3.05) is 19.6 Å². The number of aliphatic carboxylic acids is 1. The van der Waals surface area contributed by atoms with Crippen molar-refractivity contribution < 1.29 is 27.9 Å². The summed E-state index contributed by atoms with van der Waals surface area (Å²) in [5.74, 6) is -3.13.